The minimum atomic E-state index is 0.257. The molecule has 5 heteroatoms. The summed E-state index contributed by atoms with van der Waals surface area (Å²) in [6, 6.07) is 12.5. The second-order valence-electron chi connectivity index (χ2n) is 7.23. The molecule has 27 heavy (non-hydrogen) atoms. The monoisotopic (exact) mass is 362 g/mol. The van der Waals surface area contributed by atoms with Gasteiger partial charge >= 0.3 is 0 Å². The number of aryl methyl sites for hydroxylation is 1. The first-order valence-electron chi connectivity index (χ1n) is 9.73. The minimum absolute atomic E-state index is 0.257. The van der Waals surface area contributed by atoms with E-state index in [2.05, 4.69) is 39.1 Å². The van der Waals surface area contributed by atoms with E-state index in [0.29, 0.717) is 6.42 Å². The average Bonchev–Trinajstić information content (AvgIpc) is 3.07. The highest BCUT2D eigenvalue weighted by molar-refractivity contribution is 5.82. The van der Waals surface area contributed by atoms with Gasteiger partial charge in [0.2, 0.25) is 5.91 Å². The number of H-pyrrole nitrogens is 1. The molecule has 1 aliphatic rings. The predicted octanol–water partition coefficient (Wildman–Crippen LogP) is 3.23. The highest BCUT2D eigenvalue weighted by atomic mass is 16.2. The summed E-state index contributed by atoms with van der Waals surface area (Å²) in [6.45, 7) is 4.55. The van der Waals surface area contributed by atoms with Crippen LogP contribution in [0.3, 0.4) is 0 Å². The second kappa shape index (κ2) is 8.35. The lowest BCUT2D eigenvalue weighted by Crippen LogP contribution is -2.35. The standard InChI is InChI=1S/C22H26N4O/c27-21(8-7-18-4-2-10-23-16-18)26-13-3-12-25(14-15-26)17-20-6-1-5-19-9-11-24-22(19)20/h1-2,4-6,9-11,16,24H,3,7-8,12-15,17H2. The summed E-state index contributed by atoms with van der Waals surface area (Å²) in [7, 11) is 0. The maximum Gasteiger partial charge on any atom is 0.222 e. The average molecular weight is 362 g/mol. The number of hydrogen-bond donors (Lipinski definition) is 1. The van der Waals surface area contributed by atoms with E-state index in [4.69, 9.17) is 0 Å². The molecule has 3 aromatic rings. The van der Waals surface area contributed by atoms with Crippen LogP contribution < -0.4 is 0 Å². The number of nitrogens with one attached hydrogen (secondary N) is 1. The van der Waals surface area contributed by atoms with Crippen molar-refractivity contribution >= 4 is 16.8 Å². The Hall–Kier alpha value is -2.66. The van der Waals surface area contributed by atoms with E-state index in [9.17, 15) is 4.79 Å². The molecular weight excluding hydrogens is 336 g/mol. The molecule has 0 atom stereocenters. The van der Waals surface area contributed by atoms with Crippen molar-refractivity contribution in [2.24, 2.45) is 0 Å². The van der Waals surface area contributed by atoms with Crippen molar-refractivity contribution < 1.29 is 4.79 Å². The molecule has 5 nitrogen and oxygen atoms in total. The summed E-state index contributed by atoms with van der Waals surface area (Å²) in [4.78, 5) is 24.6. The van der Waals surface area contributed by atoms with Crippen LogP contribution in [0.1, 0.15) is 24.0 Å². The van der Waals surface area contributed by atoms with Crippen molar-refractivity contribution in [3.63, 3.8) is 0 Å². The number of pyridine rings is 1. The van der Waals surface area contributed by atoms with E-state index in [-0.39, 0.29) is 5.91 Å². The van der Waals surface area contributed by atoms with Crippen LogP contribution in [0.4, 0.5) is 0 Å². The topological polar surface area (TPSA) is 52.2 Å². The molecule has 1 N–H and O–H groups in total. The SMILES string of the molecule is O=C(CCc1cccnc1)N1CCCN(Cc2cccc3cc[nH]c23)CC1. The van der Waals surface area contributed by atoms with Gasteiger partial charge < -0.3 is 9.88 Å². The number of hydrogen-bond acceptors (Lipinski definition) is 3. The zero-order valence-corrected chi connectivity index (χ0v) is 15.6. The van der Waals surface area contributed by atoms with E-state index in [0.717, 1.165) is 51.1 Å². The molecule has 1 saturated heterocycles. The Morgan fingerprint density at radius 1 is 1.07 bits per heavy atom. The van der Waals surface area contributed by atoms with E-state index in [1.807, 2.05) is 29.4 Å². The third-order valence-electron chi connectivity index (χ3n) is 5.36. The number of rotatable bonds is 5. The number of aromatic nitrogens is 2. The maximum atomic E-state index is 12.6. The fourth-order valence-electron chi connectivity index (χ4n) is 3.86. The van der Waals surface area contributed by atoms with Crippen LogP contribution >= 0.6 is 0 Å². The number of nitrogens with zero attached hydrogens (tertiary/aromatic N) is 3. The van der Waals surface area contributed by atoms with Crippen molar-refractivity contribution in [3.05, 3.63) is 66.1 Å². The summed E-state index contributed by atoms with van der Waals surface area (Å²) >= 11 is 0. The quantitative estimate of drug-likeness (QED) is 0.758. The molecule has 3 heterocycles. The second-order valence-corrected chi connectivity index (χ2v) is 7.23. The highest BCUT2D eigenvalue weighted by Gasteiger charge is 2.19. The Bertz CT molecular complexity index is 889. The third kappa shape index (κ3) is 4.37. The normalized spacial score (nSPS) is 15.8. The molecule has 1 aromatic carbocycles. The number of fused-ring (bicyclic) bond motifs is 1. The number of aromatic amines is 1. The number of benzene rings is 1. The van der Waals surface area contributed by atoms with Gasteiger partial charge in [0, 0.05) is 63.3 Å². The van der Waals surface area contributed by atoms with E-state index in [1.54, 1.807) is 6.20 Å². The van der Waals surface area contributed by atoms with Crippen LogP contribution in [0.2, 0.25) is 0 Å². The number of amides is 1. The van der Waals surface area contributed by atoms with E-state index >= 15 is 0 Å². The van der Waals surface area contributed by atoms with Gasteiger partial charge in [-0.15, -0.1) is 0 Å². The first-order chi connectivity index (χ1) is 13.3. The lowest BCUT2D eigenvalue weighted by Gasteiger charge is -2.22. The number of para-hydroxylation sites is 1. The van der Waals surface area contributed by atoms with Crippen LogP contribution in [0.25, 0.3) is 10.9 Å². The molecule has 1 fully saturated rings. The van der Waals surface area contributed by atoms with Crippen molar-refractivity contribution in [1.29, 1.82) is 0 Å². The smallest absolute Gasteiger partial charge is 0.222 e. The molecule has 0 aliphatic carbocycles. The van der Waals surface area contributed by atoms with Crippen molar-refractivity contribution in [3.8, 4) is 0 Å². The lowest BCUT2D eigenvalue weighted by molar-refractivity contribution is -0.131. The number of carbonyl (C=O) groups excluding carboxylic acids is 1. The Balaban J connectivity index is 1.32. The molecule has 1 amide bonds. The summed E-state index contributed by atoms with van der Waals surface area (Å²) in [6.07, 6.45) is 7.97. The first kappa shape index (κ1) is 17.7. The van der Waals surface area contributed by atoms with Gasteiger partial charge in [0.25, 0.3) is 0 Å². The fourth-order valence-corrected chi connectivity index (χ4v) is 3.86. The molecule has 0 radical (unpaired) electrons. The molecule has 4 rings (SSSR count). The summed E-state index contributed by atoms with van der Waals surface area (Å²) in [5.41, 5.74) is 3.68. The molecule has 0 saturated carbocycles. The van der Waals surface area contributed by atoms with Crippen LogP contribution in [0, 0.1) is 0 Å². The van der Waals surface area contributed by atoms with Crippen LogP contribution in [0.15, 0.2) is 55.0 Å². The van der Waals surface area contributed by atoms with Gasteiger partial charge in [-0.3, -0.25) is 14.7 Å². The zero-order valence-electron chi connectivity index (χ0n) is 15.6. The molecule has 1 aliphatic heterocycles. The van der Waals surface area contributed by atoms with E-state index < -0.39 is 0 Å². The Morgan fingerprint density at radius 2 is 2.04 bits per heavy atom. The van der Waals surface area contributed by atoms with E-state index in [1.165, 1.54) is 16.5 Å². The number of carbonyl (C=O) groups is 1. The summed E-state index contributed by atoms with van der Waals surface area (Å²) in [5, 5.41) is 1.26. The molecule has 0 unspecified atom stereocenters. The van der Waals surface area contributed by atoms with Gasteiger partial charge in [0.15, 0.2) is 0 Å². The van der Waals surface area contributed by atoms with Gasteiger partial charge in [0.1, 0.15) is 0 Å². The largest absolute Gasteiger partial charge is 0.361 e. The van der Waals surface area contributed by atoms with Gasteiger partial charge in [-0.2, -0.15) is 0 Å². The van der Waals surface area contributed by atoms with Crippen molar-refractivity contribution in [2.75, 3.05) is 26.2 Å². The Kier molecular flexibility index (Phi) is 5.49. The predicted molar refractivity (Wildman–Crippen MR) is 107 cm³/mol. The maximum absolute atomic E-state index is 12.6. The van der Waals surface area contributed by atoms with Crippen molar-refractivity contribution in [2.45, 2.75) is 25.8 Å². The Labute approximate surface area is 160 Å². The zero-order chi connectivity index (χ0) is 18.5. The van der Waals surface area contributed by atoms with Crippen molar-refractivity contribution in [1.82, 2.24) is 19.8 Å². The van der Waals surface area contributed by atoms with Gasteiger partial charge in [-0.05, 0) is 41.5 Å². The molecule has 0 bridgehead atoms. The van der Waals surface area contributed by atoms with Crippen LogP contribution in [-0.2, 0) is 17.8 Å². The molecule has 0 spiro atoms. The van der Waals surface area contributed by atoms with Crippen LogP contribution in [-0.4, -0.2) is 51.9 Å². The molecular formula is C22H26N4O. The highest BCUT2D eigenvalue weighted by Crippen LogP contribution is 2.19. The molecule has 140 valence electrons. The summed E-state index contributed by atoms with van der Waals surface area (Å²) < 4.78 is 0. The third-order valence-corrected chi connectivity index (χ3v) is 5.36. The molecule has 2 aromatic heterocycles. The summed E-state index contributed by atoms with van der Waals surface area (Å²) in [5.74, 6) is 0.257. The first-order valence-corrected chi connectivity index (χ1v) is 9.73. The minimum Gasteiger partial charge on any atom is -0.361 e. The fraction of sp³-hybridized carbons (Fsp3) is 0.364. The van der Waals surface area contributed by atoms with Gasteiger partial charge in [-0.25, -0.2) is 0 Å². The lowest BCUT2D eigenvalue weighted by atomic mass is 10.1. The Morgan fingerprint density at radius 3 is 2.93 bits per heavy atom. The van der Waals surface area contributed by atoms with Gasteiger partial charge in [0.05, 0.1) is 0 Å². The van der Waals surface area contributed by atoms with Gasteiger partial charge in [-0.1, -0.05) is 24.3 Å². The van der Waals surface area contributed by atoms with Crippen LogP contribution in [0.5, 0.6) is 0 Å².